The van der Waals surface area contributed by atoms with Crippen LogP contribution >= 0.6 is 7.60 Å². The number of ether oxygens (including phenoxy) is 3. The molecule has 46 heavy (non-hydrogen) atoms. The van der Waals surface area contributed by atoms with Crippen molar-refractivity contribution >= 4 is 17.7 Å². The Balaban J connectivity index is 1.79. The maximum Gasteiger partial charge on any atom is 0.345 e. The molecular weight excluding hydrogens is 629 g/mol. The number of rotatable bonds is 16. The van der Waals surface area contributed by atoms with Gasteiger partial charge in [0.25, 0.3) is 10.1 Å². The molecule has 0 unspecified atom stereocenters. The zero-order valence-corrected chi connectivity index (χ0v) is 29.3. The minimum absolute atomic E-state index is 0.0512. The van der Waals surface area contributed by atoms with Gasteiger partial charge in [0.1, 0.15) is 23.4 Å². The van der Waals surface area contributed by atoms with Gasteiger partial charge in [-0.15, -0.1) is 0 Å². The first-order valence-corrected chi connectivity index (χ1v) is 18.9. The normalized spacial score (nSPS) is 17.9. The summed E-state index contributed by atoms with van der Waals surface area (Å²) < 4.78 is 73.5. The maximum absolute atomic E-state index is 14.0. The molecule has 1 aliphatic rings. The highest BCUT2D eigenvalue weighted by Crippen LogP contribution is 2.52. The molecule has 4 rings (SSSR count). The Morgan fingerprint density at radius 3 is 1.72 bits per heavy atom. The fourth-order valence-corrected chi connectivity index (χ4v) is 8.75. The summed E-state index contributed by atoms with van der Waals surface area (Å²) in [7, 11) is -4.12. The van der Waals surface area contributed by atoms with E-state index >= 15 is 0 Å². The molecule has 0 aliphatic carbocycles. The van der Waals surface area contributed by atoms with E-state index in [-0.39, 0.29) is 37.7 Å². The van der Waals surface area contributed by atoms with Crippen molar-refractivity contribution in [1.29, 1.82) is 0 Å². The van der Waals surface area contributed by atoms with E-state index in [9.17, 15) is 13.0 Å². The molecule has 1 aliphatic heterocycles. The molecule has 0 aromatic heterocycles. The van der Waals surface area contributed by atoms with Gasteiger partial charge < -0.3 is 23.3 Å². The molecule has 10 nitrogen and oxygen atoms in total. The molecule has 0 bridgehead atoms. The van der Waals surface area contributed by atoms with Crippen molar-refractivity contribution in [3.63, 3.8) is 0 Å². The van der Waals surface area contributed by atoms with Crippen molar-refractivity contribution in [3.05, 3.63) is 95.6 Å². The molecule has 252 valence electrons. The van der Waals surface area contributed by atoms with Crippen LogP contribution < -0.4 is 9.47 Å². The summed E-state index contributed by atoms with van der Waals surface area (Å²) in [5.74, 6) is 1.41. The molecule has 0 spiro atoms. The lowest BCUT2D eigenvalue weighted by Crippen LogP contribution is -2.40. The van der Waals surface area contributed by atoms with Gasteiger partial charge in [-0.3, -0.25) is 13.6 Å². The van der Waals surface area contributed by atoms with Gasteiger partial charge in [-0.05, 0) is 75.1 Å². The summed E-state index contributed by atoms with van der Waals surface area (Å²) in [5.41, 5.74) is 1.51. The van der Waals surface area contributed by atoms with E-state index in [0.29, 0.717) is 17.9 Å². The molecule has 3 aromatic rings. The largest absolute Gasteiger partial charge is 0.497 e. The minimum Gasteiger partial charge on any atom is -0.497 e. The Kier molecular flexibility index (Phi) is 12.1. The van der Waals surface area contributed by atoms with E-state index in [0.717, 1.165) is 22.9 Å². The van der Waals surface area contributed by atoms with E-state index in [1.54, 1.807) is 41.9 Å². The summed E-state index contributed by atoms with van der Waals surface area (Å²) in [4.78, 5) is 1.90. The fourth-order valence-electron chi connectivity index (χ4n) is 5.85. The van der Waals surface area contributed by atoms with Crippen LogP contribution in [-0.2, 0) is 38.3 Å². The van der Waals surface area contributed by atoms with Crippen molar-refractivity contribution in [3.8, 4) is 11.5 Å². The lowest BCUT2D eigenvalue weighted by molar-refractivity contribution is -0.0145. The summed E-state index contributed by atoms with van der Waals surface area (Å²) in [5, 5.41) is 0. The van der Waals surface area contributed by atoms with Crippen LogP contribution in [0.5, 0.6) is 11.5 Å². The second-order valence-electron chi connectivity index (χ2n) is 12.0. The SMILES string of the molecule is COc1ccc(C(OC[C@@H]2C[C@H](OS(C)(=O)=O)CN2CP(=O)(OC(C)C)OC(C)C)(c2ccccc2)c2ccc(OC)cc2)cc1. The molecule has 2 atom stereocenters. The molecule has 0 saturated carbocycles. The molecular formula is C34H46NO9PS. The van der Waals surface area contributed by atoms with Gasteiger partial charge in [0.05, 0.1) is 45.4 Å². The van der Waals surface area contributed by atoms with E-state index in [4.69, 9.17) is 27.4 Å². The van der Waals surface area contributed by atoms with Gasteiger partial charge in [-0.1, -0.05) is 54.6 Å². The quantitative estimate of drug-likeness (QED) is 0.0957. The Morgan fingerprint density at radius 1 is 0.804 bits per heavy atom. The van der Waals surface area contributed by atoms with Gasteiger partial charge in [-0.2, -0.15) is 8.42 Å². The van der Waals surface area contributed by atoms with Crippen LogP contribution in [0, 0.1) is 0 Å². The first-order chi connectivity index (χ1) is 21.8. The van der Waals surface area contributed by atoms with Crippen LogP contribution in [0.4, 0.5) is 0 Å². The van der Waals surface area contributed by atoms with Crippen LogP contribution in [0.15, 0.2) is 78.9 Å². The lowest BCUT2D eigenvalue weighted by atomic mass is 9.80. The topological polar surface area (TPSA) is 110 Å². The van der Waals surface area contributed by atoms with Gasteiger partial charge in [-0.25, -0.2) is 0 Å². The van der Waals surface area contributed by atoms with Crippen molar-refractivity contribution in [2.45, 2.75) is 64.1 Å². The fraction of sp³-hybridized carbons (Fsp3) is 0.471. The zero-order chi connectivity index (χ0) is 33.5. The maximum atomic E-state index is 14.0. The van der Waals surface area contributed by atoms with Gasteiger partial charge >= 0.3 is 7.60 Å². The predicted molar refractivity (Wildman–Crippen MR) is 178 cm³/mol. The van der Waals surface area contributed by atoms with Crippen LogP contribution in [0.1, 0.15) is 50.8 Å². The second-order valence-corrected chi connectivity index (χ2v) is 15.5. The molecule has 0 amide bonds. The molecule has 3 aromatic carbocycles. The number of hydrogen-bond acceptors (Lipinski definition) is 10. The average molecular weight is 676 g/mol. The van der Waals surface area contributed by atoms with Crippen molar-refractivity contribution in [1.82, 2.24) is 4.90 Å². The monoisotopic (exact) mass is 675 g/mol. The van der Waals surface area contributed by atoms with Gasteiger partial charge in [0, 0.05) is 12.6 Å². The molecule has 0 radical (unpaired) electrons. The van der Waals surface area contributed by atoms with E-state index in [1.165, 1.54) is 0 Å². The van der Waals surface area contributed by atoms with Crippen molar-refractivity contribution in [2.75, 3.05) is 39.9 Å². The summed E-state index contributed by atoms with van der Waals surface area (Å²) in [6, 6.07) is 24.9. The predicted octanol–water partition coefficient (Wildman–Crippen LogP) is 6.43. The third-order valence-corrected chi connectivity index (χ3v) is 10.4. The number of methoxy groups -OCH3 is 2. The average Bonchev–Trinajstić information content (AvgIpc) is 3.36. The van der Waals surface area contributed by atoms with Crippen LogP contribution in [0.2, 0.25) is 0 Å². The summed E-state index contributed by atoms with van der Waals surface area (Å²) in [6.07, 6.45) is -0.0505. The second kappa shape index (κ2) is 15.4. The van der Waals surface area contributed by atoms with Crippen molar-refractivity contribution < 1.29 is 40.4 Å². The number of likely N-dealkylation sites (tertiary alicyclic amines) is 1. The molecule has 1 fully saturated rings. The summed E-state index contributed by atoms with van der Waals surface area (Å²) >= 11 is 0. The standard InChI is InChI=1S/C34H46NO9PS/c1-25(2)42-45(36,43-26(3)4)24-35-22-33(44-46(7,37)38)21-30(35)23-41-34(27-11-9-8-10-12-27,28-13-17-31(39-5)18-14-28)29-15-19-32(40-6)20-16-29/h8-20,25-26,30,33H,21-24H2,1-7H3/t30-,33-/m0/s1. The smallest absolute Gasteiger partial charge is 0.345 e. The highest BCUT2D eigenvalue weighted by Gasteiger charge is 2.44. The number of benzene rings is 3. The van der Waals surface area contributed by atoms with Crippen LogP contribution in [0.25, 0.3) is 0 Å². The Hall–Kier alpha value is -2.76. The highest BCUT2D eigenvalue weighted by atomic mass is 32.2. The van der Waals surface area contributed by atoms with Gasteiger partial charge in [0.2, 0.25) is 0 Å². The first kappa shape index (κ1) is 36.1. The first-order valence-electron chi connectivity index (χ1n) is 15.3. The zero-order valence-electron chi connectivity index (χ0n) is 27.6. The molecule has 1 saturated heterocycles. The van der Waals surface area contributed by atoms with Crippen LogP contribution in [-0.4, -0.2) is 77.6 Å². The summed E-state index contributed by atoms with van der Waals surface area (Å²) in [6.45, 7) is 7.54. The Labute approximate surface area is 273 Å². The Bertz CT molecular complexity index is 1490. The minimum atomic E-state index is -3.74. The van der Waals surface area contributed by atoms with Gasteiger partial charge in [0.15, 0.2) is 0 Å². The number of nitrogens with zero attached hydrogens (tertiary/aromatic N) is 1. The Morgan fingerprint density at radius 2 is 1.28 bits per heavy atom. The number of hydrogen-bond donors (Lipinski definition) is 0. The molecule has 1 heterocycles. The van der Waals surface area contributed by atoms with E-state index < -0.39 is 29.4 Å². The lowest BCUT2D eigenvalue weighted by Gasteiger charge is -2.38. The molecule has 0 N–H and O–H groups in total. The van der Waals surface area contributed by atoms with E-state index in [1.807, 2.05) is 83.8 Å². The van der Waals surface area contributed by atoms with E-state index in [2.05, 4.69) is 0 Å². The molecule has 12 heteroatoms. The van der Waals surface area contributed by atoms with Crippen molar-refractivity contribution in [2.24, 2.45) is 0 Å². The highest BCUT2D eigenvalue weighted by molar-refractivity contribution is 7.86. The van der Waals surface area contributed by atoms with Crippen LogP contribution in [0.3, 0.4) is 0 Å². The third kappa shape index (κ3) is 9.19. The third-order valence-electron chi connectivity index (χ3n) is 7.56.